The SMILES string of the molecule is CCCCc1nc(C)c(Cc2ccccn2)c(=O)[nH]1. The van der Waals surface area contributed by atoms with E-state index in [1.807, 2.05) is 25.1 Å². The molecule has 0 saturated heterocycles. The molecule has 19 heavy (non-hydrogen) atoms. The smallest absolute Gasteiger partial charge is 0.254 e. The second kappa shape index (κ2) is 6.27. The summed E-state index contributed by atoms with van der Waals surface area (Å²) in [5.74, 6) is 0.786. The van der Waals surface area contributed by atoms with Crippen LogP contribution in [-0.4, -0.2) is 15.0 Å². The molecule has 0 saturated carbocycles. The quantitative estimate of drug-likeness (QED) is 0.894. The lowest BCUT2D eigenvalue weighted by Gasteiger charge is -2.06. The van der Waals surface area contributed by atoms with E-state index in [-0.39, 0.29) is 5.56 Å². The largest absolute Gasteiger partial charge is 0.310 e. The minimum absolute atomic E-state index is 0.0377. The summed E-state index contributed by atoms with van der Waals surface area (Å²) in [6.45, 7) is 4.02. The zero-order valence-electron chi connectivity index (χ0n) is 11.4. The summed E-state index contributed by atoms with van der Waals surface area (Å²) in [7, 11) is 0. The highest BCUT2D eigenvalue weighted by molar-refractivity contribution is 5.23. The van der Waals surface area contributed by atoms with Gasteiger partial charge in [-0.2, -0.15) is 0 Å². The van der Waals surface area contributed by atoms with Gasteiger partial charge in [-0.25, -0.2) is 4.98 Å². The number of hydrogen-bond donors (Lipinski definition) is 1. The maximum Gasteiger partial charge on any atom is 0.254 e. The lowest BCUT2D eigenvalue weighted by molar-refractivity contribution is 0.738. The molecule has 0 unspecified atom stereocenters. The number of rotatable bonds is 5. The monoisotopic (exact) mass is 257 g/mol. The second-order valence-electron chi connectivity index (χ2n) is 4.68. The van der Waals surface area contributed by atoms with Gasteiger partial charge in [0.25, 0.3) is 5.56 Å². The number of unbranched alkanes of at least 4 members (excludes halogenated alkanes) is 1. The highest BCUT2D eigenvalue weighted by atomic mass is 16.1. The van der Waals surface area contributed by atoms with E-state index >= 15 is 0 Å². The van der Waals surface area contributed by atoms with Crippen LogP contribution in [0.5, 0.6) is 0 Å². The van der Waals surface area contributed by atoms with Gasteiger partial charge >= 0.3 is 0 Å². The van der Waals surface area contributed by atoms with Crippen molar-refractivity contribution < 1.29 is 0 Å². The molecule has 0 atom stereocenters. The molecular weight excluding hydrogens is 238 g/mol. The number of H-pyrrole nitrogens is 1. The molecule has 0 fully saturated rings. The van der Waals surface area contributed by atoms with Crippen LogP contribution >= 0.6 is 0 Å². The van der Waals surface area contributed by atoms with Gasteiger partial charge in [0, 0.05) is 36.0 Å². The Morgan fingerprint density at radius 2 is 2.16 bits per heavy atom. The predicted molar refractivity (Wildman–Crippen MR) is 75.2 cm³/mol. The molecule has 1 N–H and O–H groups in total. The van der Waals surface area contributed by atoms with Crippen LogP contribution in [-0.2, 0) is 12.8 Å². The van der Waals surface area contributed by atoms with Gasteiger partial charge in [-0.1, -0.05) is 19.4 Å². The highest BCUT2D eigenvalue weighted by Gasteiger charge is 2.09. The van der Waals surface area contributed by atoms with E-state index in [4.69, 9.17) is 0 Å². The van der Waals surface area contributed by atoms with Crippen molar-refractivity contribution in [1.29, 1.82) is 0 Å². The van der Waals surface area contributed by atoms with Crippen LogP contribution < -0.4 is 5.56 Å². The third kappa shape index (κ3) is 3.50. The molecule has 0 radical (unpaired) electrons. The van der Waals surface area contributed by atoms with Crippen LogP contribution in [0.25, 0.3) is 0 Å². The fourth-order valence-electron chi connectivity index (χ4n) is 2.02. The van der Waals surface area contributed by atoms with Crippen LogP contribution in [0.1, 0.15) is 42.5 Å². The first-order valence-corrected chi connectivity index (χ1v) is 6.69. The molecule has 2 aromatic rings. The number of nitrogens with one attached hydrogen (secondary N) is 1. The summed E-state index contributed by atoms with van der Waals surface area (Å²) in [5, 5.41) is 0. The Morgan fingerprint density at radius 3 is 2.79 bits per heavy atom. The van der Waals surface area contributed by atoms with E-state index in [2.05, 4.69) is 21.9 Å². The maximum absolute atomic E-state index is 12.1. The molecule has 2 aromatic heterocycles. The first kappa shape index (κ1) is 13.5. The van der Waals surface area contributed by atoms with Crippen molar-refractivity contribution in [3.05, 3.63) is 57.5 Å². The topological polar surface area (TPSA) is 58.6 Å². The first-order valence-electron chi connectivity index (χ1n) is 6.69. The number of hydrogen-bond acceptors (Lipinski definition) is 3. The Bertz CT molecular complexity index is 590. The number of pyridine rings is 1. The van der Waals surface area contributed by atoms with Crippen molar-refractivity contribution in [1.82, 2.24) is 15.0 Å². The lowest BCUT2D eigenvalue weighted by atomic mass is 10.1. The Hall–Kier alpha value is -1.97. The molecule has 2 heterocycles. The molecule has 2 rings (SSSR count). The molecule has 0 bridgehead atoms. The van der Waals surface area contributed by atoms with Crippen LogP contribution in [0.15, 0.2) is 29.2 Å². The third-order valence-electron chi connectivity index (χ3n) is 3.12. The van der Waals surface area contributed by atoms with Crippen molar-refractivity contribution in [3.8, 4) is 0 Å². The lowest BCUT2D eigenvalue weighted by Crippen LogP contribution is -2.19. The fourth-order valence-corrected chi connectivity index (χ4v) is 2.02. The van der Waals surface area contributed by atoms with E-state index < -0.39 is 0 Å². The molecule has 0 amide bonds. The second-order valence-corrected chi connectivity index (χ2v) is 4.68. The van der Waals surface area contributed by atoms with Gasteiger partial charge in [0.05, 0.1) is 0 Å². The van der Waals surface area contributed by atoms with Crippen LogP contribution in [0.4, 0.5) is 0 Å². The molecule has 0 aliphatic rings. The molecular formula is C15H19N3O. The van der Waals surface area contributed by atoms with Crippen molar-refractivity contribution in [2.24, 2.45) is 0 Å². The third-order valence-corrected chi connectivity index (χ3v) is 3.12. The minimum Gasteiger partial charge on any atom is -0.310 e. The molecule has 0 spiro atoms. The fraction of sp³-hybridized carbons (Fsp3) is 0.400. The van der Waals surface area contributed by atoms with Crippen molar-refractivity contribution in [3.63, 3.8) is 0 Å². The summed E-state index contributed by atoms with van der Waals surface area (Å²) in [4.78, 5) is 23.7. The van der Waals surface area contributed by atoms with Crippen molar-refractivity contribution >= 4 is 0 Å². The van der Waals surface area contributed by atoms with E-state index in [0.29, 0.717) is 12.0 Å². The normalized spacial score (nSPS) is 10.6. The van der Waals surface area contributed by atoms with Gasteiger partial charge in [0.15, 0.2) is 0 Å². The van der Waals surface area contributed by atoms with E-state index in [1.54, 1.807) is 6.20 Å². The standard InChI is InChI=1S/C15H19N3O/c1-3-4-8-14-17-11(2)13(15(19)18-14)10-12-7-5-6-9-16-12/h5-7,9H,3-4,8,10H2,1-2H3,(H,17,18,19). The Kier molecular flexibility index (Phi) is 4.44. The summed E-state index contributed by atoms with van der Waals surface area (Å²) < 4.78 is 0. The van der Waals surface area contributed by atoms with Crippen molar-refractivity contribution in [2.75, 3.05) is 0 Å². The number of aromatic nitrogens is 3. The number of aromatic amines is 1. The summed E-state index contributed by atoms with van der Waals surface area (Å²) in [6, 6.07) is 5.71. The van der Waals surface area contributed by atoms with E-state index in [1.165, 1.54) is 0 Å². The zero-order chi connectivity index (χ0) is 13.7. The maximum atomic E-state index is 12.1. The Balaban J connectivity index is 2.25. The average Bonchev–Trinajstić information content (AvgIpc) is 2.42. The van der Waals surface area contributed by atoms with Crippen LogP contribution in [0, 0.1) is 6.92 Å². The molecule has 0 aliphatic heterocycles. The number of aryl methyl sites for hydroxylation is 2. The molecule has 100 valence electrons. The van der Waals surface area contributed by atoms with E-state index in [9.17, 15) is 4.79 Å². The summed E-state index contributed by atoms with van der Waals surface area (Å²) >= 11 is 0. The van der Waals surface area contributed by atoms with Crippen LogP contribution in [0.2, 0.25) is 0 Å². The van der Waals surface area contributed by atoms with Crippen LogP contribution in [0.3, 0.4) is 0 Å². The molecule has 0 aliphatic carbocycles. The minimum atomic E-state index is -0.0377. The molecule has 0 aromatic carbocycles. The first-order chi connectivity index (χ1) is 9.20. The van der Waals surface area contributed by atoms with Gasteiger partial charge in [-0.05, 0) is 25.5 Å². The number of nitrogens with zero attached hydrogens (tertiary/aromatic N) is 2. The van der Waals surface area contributed by atoms with Gasteiger partial charge in [-0.3, -0.25) is 9.78 Å². The van der Waals surface area contributed by atoms with E-state index in [0.717, 1.165) is 36.5 Å². The van der Waals surface area contributed by atoms with Gasteiger partial charge in [0.2, 0.25) is 0 Å². The zero-order valence-corrected chi connectivity index (χ0v) is 11.4. The Labute approximate surface area is 112 Å². The van der Waals surface area contributed by atoms with Gasteiger partial charge in [-0.15, -0.1) is 0 Å². The molecule has 4 nitrogen and oxygen atoms in total. The molecule has 4 heteroatoms. The van der Waals surface area contributed by atoms with Gasteiger partial charge in [0.1, 0.15) is 5.82 Å². The predicted octanol–water partition coefficient (Wildman–Crippen LogP) is 2.41. The Morgan fingerprint density at radius 1 is 1.32 bits per heavy atom. The average molecular weight is 257 g/mol. The van der Waals surface area contributed by atoms with Crippen molar-refractivity contribution in [2.45, 2.75) is 39.5 Å². The summed E-state index contributed by atoms with van der Waals surface area (Å²) in [6.07, 6.45) is 5.24. The highest BCUT2D eigenvalue weighted by Crippen LogP contribution is 2.07. The summed E-state index contributed by atoms with van der Waals surface area (Å²) in [5.41, 5.74) is 2.36. The van der Waals surface area contributed by atoms with Gasteiger partial charge < -0.3 is 4.98 Å².